The molecule has 2 rings (SSSR count). The summed E-state index contributed by atoms with van der Waals surface area (Å²) in [5.74, 6) is 1.17. The molecule has 1 aromatic heterocycles. The molecule has 0 amide bonds. The standard InChI is InChI=1S/C11H18N4O/c1-12-7-9-3-2-6-15(8-9)10-11(16)14-5-4-13-10/h4-5,9,12H,2-3,6-8H2,1H3,(H,14,16). The van der Waals surface area contributed by atoms with Crippen LogP contribution in [0.1, 0.15) is 12.8 Å². The molecule has 1 fully saturated rings. The summed E-state index contributed by atoms with van der Waals surface area (Å²) in [7, 11) is 1.96. The van der Waals surface area contributed by atoms with E-state index in [1.54, 1.807) is 12.4 Å². The van der Waals surface area contributed by atoms with E-state index < -0.39 is 0 Å². The molecule has 1 aliphatic heterocycles. The second-order valence-corrected chi connectivity index (χ2v) is 4.25. The van der Waals surface area contributed by atoms with Crippen LogP contribution in [0.4, 0.5) is 5.82 Å². The maximum Gasteiger partial charge on any atom is 0.290 e. The second-order valence-electron chi connectivity index (χ2n) is 4.25. The first-order valence-electron chi connectivity index (χ1n) is 5.74. The lowest BCUT2D eigenvalue weighted by Gasteiger charge is -2.32. The summed E-state index contributed by atoms with van der Waals surface area (Å²) >= 11 is 0. The number of H-pyrrole nitrogens is 1. The van der Waals surface area contributed by atoms with Gasteiger partial charge in [-0.1, -0.05) is 0 Å². The average Bonchev–Trinajstić information content (AvgIpc) is 2.30. The largest absolute Gasteiger partial charge is 0.352 e. The Morgan fingerprint density at radius 2 is 2.56 bits per heavy atom. The van der Waals surface area contributed by atoms with Crippen LogP contribution in [0.15, 0.2) is 17.2 Å². The Balaban J connectivity index is 2.10. The van der Waals surface area contributed by atoms with Crippen molar-refractivity contribution in [2.45, 2.75) is 12.8 Å². The minimum atomic E-state index is -0.0902. The van der Waals surface area contributed by atoms with Crippen molar-refractivity contribution in [1.82, 2.24) is 15.3 Å². The normalized spacial score (nSPS) is 21.1. The minimum Gasteiger partial charge on any atom is -0.352 e. The first-order chi connectivity index (χ1) is 7.81. The van der Waals surface area contributed by atoms with Crippen molar-refractivity contribution >= 4 is 5.82 Å². The SMILES string of the molecule is CNCC1CCCN(c2ncc[nH]c2=O)C1. The monoisotopic (exact) mass is 222 g/mol. The van der Waals surface area contributed by atoms with Gasteiger partial charge in [0.05, 0.1) is 0 Å². The summed E-state index contributed by atoms with van der Waals surface area (Å²) in [6.07, 6.45) is 5.56. The summed E-state index contributed by atoms with van der Waals surface area (Å²) in [4.78, 5) is 20.5. The van der Waals surface area contributed by atoms with Gasteiger partial charge in [0.15, 0.2) is 5.82 Å². The van der Waals surface area contributed by atoms with Crippen molar-refractivity contribution in [3.05, 3.63) is 22.7 Å². The van der Waals surface area contributed by atoms with E-state index in [4.69, 9.17) is 0 Å². The van der Waals surface area contributed by atoms with Gasteiger partial charge in [-0.05, 0) is 32.4 Å². The van der Waals surface area contributed by atoms with Crippen LogP contribution >= 0.6 is 0 Å². The van der Waals surface area contributed by atoms with Gasteiger partial charge in [-0.25, -0.2) is 4.98 Å². The fourth-order valence-electron chi connectivity index (χ4n) is 2.28. The van der Waals surface area contributed by atoms with Crippen LogP contribution in [0.3, 0.4) is 0 Å². The number of hydrogen-bond acceptors (Lipinski definition) is 4. The summed E-state index contributed by atoms with van der Waals surface area (Å²) in [5.41, 5.74) is -0.0902. The number of rotatable bonds is 3. The van der Waals surface area contributed by atoms with Crippen LogP contribution < -0.4 is 15.8 Å². The zero-order valence-corrected chi connectivity index (χ0v) is 9.57. The van der Waals surface area contributed by atoms with E-state index >= 15 is 0 Å². The minimum absolute atomic E-state index is 0.0902. The third kappa shape index (κ3) is 2.41. The maximum atomic E-state index is 11.6. The predicted molar refractivity (Wildman–Crippen MR) is 63.7 cm³/mol. The van der Waals surface area contributed by atoms with Crippen LogP contribution in [-0.2, 0) is 0 Å². The van der Waals surface area contributed by atoms with Gasteiger partial charge in [0.2, 0.25) is 0 Å². The van der Waals surface area contributed by atoms with E-state index in [0.717, 1.165) is 26.1 Å². The fourth-order valence-corrected chi connectivity index (χ4v) is 2.28. The summed E-state index contributed by atoms with van der Waals surface area (Å²) in [6.45, 7) is 2.85. The molecule has 2 N–H and O–H groups in total. The molecule has 2 heterocycles. The van der Waals surface area contributed by atoms with Crippen LogP contribution in [0, 0.1) is 5.92 Å². The van der Waals surface area contributed by atoms with Crippen LogP contribution in [0.5, 0.6) is 0 Å². The predicted octanol–water partition coefficient (Wildman–Crippen LogP) is 0.206. The molecule has 0 aromatic carbocycles. The van der Waals surface area contributed by atoms with E-state index in [1.807, 2.05) is 7.05 Å². The molecule has 1 unspecified atom stereocenters. The lowest BCUT2D eigenvalue weighted by Crippen LogP contribution is -2.41. The summed E-state index contributed by atoms with van der Waals surface area (Å²) < 4.78 is 0. The Kier molecular flexibility index (Phi) is 3.56. The molecule has 16 heavy (non-hydrogen) atoms. The number of nitrogens with zero attached hydrogens (tertiary/aromatic N) is 2. The molecular weight excluding hydrogens is 204 g/mol. The van der Waals surface area contributed by atoms with Crippen molar-refractivity contribution in [1.29, 1.82) is 0 Å². The number of hydrogen-bond donors (Lipinski definition) is 2. The van der Waals surface area contributed by atoms with Gasteiger partial charge in [-0.2, -0.15) is 0 Å². The lowest BCUT2D eigenvalue weighted by atomic mass is 9.98. The molecule has 1 saturated heterocycles. The average molecular weight is 222 g/mol. The van der Waals surface area contributed by atoms with Gasteiger partial charge in [0.1, 0.15) is 0 Å². The van der Waals surface area contributed by atoms with Gasteiger partial charge < -0.3 is 15.2 Å². The Labute approximate surface area is 94.9 Å². The Hall–Kier alpha value is -1.36. The van der Waals surface area contributed by atoms with E-state index in [2.05, 4.69) is 20.2 Å². The van der Waals surface area contributed by atoms with E-state index in [1.165, 1.54) is 6.42 Å². The molecule has 88 valence electrons. The van der Waals surface area contributed by atoms with E-state index in [0.29, 0.717) is 11.7 Å². The van der Waals surface area contributed by atoms with Gasteiger partial charge >= 0.3 is 0 Å². The molecule has 0 spiro atoms. The highest BCUT2D eigenvalue weighted by atomic mass is 16.1. The van der Waals surface area contributed by atoms with E-state index in [9.17, 15) is 4.79 Å². The molecule has 5 nitrogen and oxygen atoms in total. The zero-order chi connectivity index (χ0) is 11.4. The highest BCUT2D eigenvalue weighted by Crippen LogP contribution is 2.18. The van der Waals surface area contributed by atoms with Crippen molar-refractivity contribution < 1.29 is 0 Å². The lowest BCUT2D eigenvalue weighted by molar-refractivity contribution is 0.400. The maximum absolute atomic E-state index is 11.6. The van der Waals surface area contributed by atoms with Gasteiger partial charge in [-0.3, -0.25) is 4.79 Å². The number of aromatic amines is 1. The Bertz CT molecular complexity index is 388. The molecular formula is C11H18N4O. The first-order valence-corrected chi connectivity index (χ1v) is 5.74. The number of piperidine rings is 1. The Morgan fingerprint density at radius 3 is 3.31 bits per heavy atom. The van der Waals surface area contributed by atoms with Crippen molar-refractivity contribution in [2.24, 2.45) is 5.92 Å². The summed E-state index contributed by atoms with van der Waals surface area (Å²) in [6, 6.07) is 0. The zero-order valence-electron chi connectivity index (χ0n) is 9.57. The van der Waals surface area contributed by atoms with Crippen molar-refractivity contribution in [3.8, 4) is 0 Å². The van der Waals surface area contributed by atoms with Crippen LogP contribution in [0.2, 0.25) is 0 Å². The fraction of sp³-hybridized carbons (Fsp3) is 0.636. The molecule has 1 aliphatic rings. The van der Waals surface area contributed by atoms with Crippen LogP contribution in [-0.4, -0.2) is 36.6 Å². The number of nitrogens with one attached hydrogen (secondary N) is 2. The van der Waals surface area contributed by atoms with E-state index in [-0.39, 0.29) is 5.56 Å². The van der Waals surface area contributed by atoms with Crippen LogP contribution in [0.25, 0.3) is 0 Å². The van der Waals surface area contributed by atoms with Gasteiger partial charge in [0.25, 0.3) is 5.56 Å². The third-order valence-corrected chi connectivity index (χ3v) is 3.00. The molecule has 0 aliphatic carbocycles. The van der Waals surface area contributed by atoms with Crippen molar-refractivity contribution in [3.63, 3.8) is 0 Å². The van der Waals surface area contributed by atoms with Gasteiger partial charge in [-0.15, -0.1) is 0 Å². The molecule has 1 aromatic rings. The second kappa shape index (κ2) is 5.12. The molecule has 5 heteroatoms. The molecule has 1 atom stereocenters. The smallest absolute Gasteiger partial charge is 0.290 e. The third-order valence-electron chi connectivity index (χ3n) is 3.00. The summed E-state index contributed by atoms with van der Waals surface area (Å²) in [5, 5.41) is 3.19. The molecule has 0 bridgehead atoms. The Morgan fingerprint density at radius 1 is 1.69 bits per heavy atom. The topological polar surface area (TPSA) is 61.0 Å². The van der Waals surface area contributed by atoms with Crippen molar-refractivity contribution in [2.75, 3.05) is 31.6 Å². The molecule has 0 radical (unpaired) electrons. The number of aromatic nitrogens is 2. The highest BCUT2D eigenvalue weighted by Gasteiger charge is 2.21. The quantitative estimate of drug-likeness (QED) is 0.767. The highest BCUT2D eigenvalue weighted by molar-refractivity contribution is 5.35. The first kappa shape index (κ1) is 11.1. The van der Waals surface area contributed by atoms with Gasteiger partial charge in [0, 0.05) is 25.5 Å². The number of anilines is 1. The molecule has 0 saturated carbocycles.